The molecule has 0 aliphatic heterocycles. The fraction of sp³-hybridized carbons (Fsp3) is 0.0833. The predicted molar refractivity (Wildman–Crippen MR) is 66.5 cm³/mol. The van der Waals surface area contributed by atoms with Gasteiger partial charge in [-0.2, -0.15) is 10.4 Å². The molecule has 0 atom stereocenters. The summed E-state index contributed by atoms with van der Waals surface area (Å²) in [4.78, 5) is 11.3. The standard InChI is InChI=1S/C12H9ClN4O/c1-7-4-11(12(15)18)17(16-7)10-5-8(6-14)2-3-9(10)13/h2-5H,1H3,(H2,15,18). The SMILES string of the molecule is Cc1cc(C(N)=O)n(-c2cc(C#N)ccc2Cl)n1. The van der Waals surface area contributed by atoms with E-state index in [1.807, 2.05) is 6.07 Å². The van der Waals surface area contributed by atoms with Crippen LogP contribution >= 0.6 is 11.6 Å². The van der Waals surface area contributed by atoms with Gasteiger partial charge < -0.3 is 5.73 Å². The van der Waals surface area contributed by atoms with Crippen molar-refractivity contribution in [2.45, 2.75) is 6.92 Å². The molecule has 6 heteroatoms. The lowest BCUT2D eigenvalue weighted by Crippen LogP contribution is -2.16. The number of aryl methyl sites for hydroxylation is 1. The summed E-state index contributed by atoms with van der Waals surface area (Å²) in [5.41, 5.74) is 7.03. The average molecular weight is 261 g/mol. The Morgan fingerprint density at radius 1 is 1.50 bits per heavy atom. The van der Waals surface area contributed by atoms with Gasteiger partial charge in [-0.3, -0.25) is 4.79 Å². The van der Waals surface area contributed by atoms with Gasteiger partial charge in [0.1, 0.15) is 5.69 Å². The number of benzene rings is 1. The molecule has 0 fully saturated rings. The van der Waals surface area contributed by atoms with Gasteiger partial charge in [0.2, 0.25) is 0 Å². The number of nitriles is 1. The summed E-state index contributed by atoms with van der Waals surface area (Å²) in [5.74, 6) is -0.603. The summed E-state index contributed by atoms with van der Waals surface area (Å²) in [6.07, 6.45) is 0. The largest absolute Gasteiger partial charge is 0.364 e. The lowest BCUT2D eigenvalue weighted by Gasteiger charge is -2.07. The third-order valence-electron chi connectivity index (χ3n) is 2.39. The lowest BCUT2D eigenvalue weighted by molar-refractivity contribution is 0.0993. The number of nitrogens with two attached hydrogens (primary N) is 1. The van der Waals surface area contributed by atoms with E-state index in [0.29, 0.717) is 22.0 Å². The molecule has 0 bridgehead atoms. The van der Waals surface area contributed by atoms with Crippen molar-refractivity contribution in [1.29, 1.82) is 5.26 Å². The van der Waals surface area contributed by atoms with Gasteiger partial charge in [-0.05, 0) is 31.2 Å². The first-order chi connectivity index (χ1) is 8.52. The van der Waals surface area contributed by atoms with E-state index in [1.54, 1.807) is 31.2 Å². The van der Waals surface area contributed by atoms with Crippen LogP contribution in [0.15, 0.2) is 24.3 Å². The molecular weight excluding hydrogens is 252 g/mol. The first-order valence-electron chi connectivity index (χ1n) is 5.09. The molecule has 0 saturated heterocycles. The first kappa shape index (κ1) is 12.1. The molecule has 2 aromatic rings. The topological polar surface area (TPSA) is 84.7 Å². The van der Waals surface area contributed by atoms with Crippen molar-refractivity contribution in [2.24, 2.45) is 5.73 Å². The fourth-order valence-corrected chi connectivity index (χ4v) is 1.80. The molecule has 0 aliphatic carbocycles. The van der Waals surface area contributed by atoms with Crippen LogP contribution in [0.2, 0.25) is 5.02 Å². The Kier molecular flexibility index (Phi) is 3.04. The van der Waals surface area contributed by atoms with E-state index in [-0.39, 0.29) is 5.69 Å². The number of carbonyl (C=O) groups is 1. The second-order valence-electron chi connectivity index (χ2n) is 3.73. The maximum atomic E-state index is 11.3. The van der Waals surface area contributed by atoms with Gasteiger partial charge in [-0.15, -0.1) is 0 Å². The molecule has 0 saturated carbocycles. The average Bonchev–Trinajstić information content (AvgIpc) is 2.72. The Labute approximate surface area is 108 Å². The Hall–Kier alpha value is -2.32. The quantitative estimate of drug-likeness (QED) is 0.893. The highest BCUT2D eigenvalue weighted by Crippen LogP contribution is 2.23. The van der Waals surface area contributed by atoms with Crippen LogP contribution < -0.4 is 5.73 Å². The van der Waals surface area contributed by atoms with Gasteiger partial charge in [0.15, 0.2) is 0 Å². The number of halogens is 1. The molecule has 0 aliphatic rings. The Morgan fingerprint density at radius 2 is 2.22 bits per heavy atom. The minimum atomic E-state index is -0.603. The highest BCUT2D eigenvalue weighted by molar-refractivity contribution is 6.32. The maximum absolute atomic E-state index is 11.3. The molecular formula is C12H9ClN4O. The van der Waals surface area contributed by atoms with Gasteiger partial charge in [-0.1, -0.05) is 11.6 Å². The Morgan fingerprint density at radius 3 is 2.83 bits per heavy atom. The van der Waals surface area contributed by atoms with Crippen LogP contribution in [0.25, 0.3) is 5.69 Å². The van der Waals surface area contributed by atoms with Crippen molar-refractivity contribution in [3.63, 3.8) is 0 Å². The smallest absolute Gasteiger partial charge is 0.267 e. The Balaban J connectivity index is 2.69. The first-order valence-corrected chi connectivity index (χ1v) is 5.47. The molecule has 1 aromatic carbocycles. The highest BCUT2D eigenvalue weighted by atomic mass is 35.5. The van der Waals surface area contributed by atoms with Gasteiger partial charge in [-0.25, -0.2) is 4.68 Å². The summed E-state index contributed by atoms with van der Waals surface area (Å²) in [5, 5.41) is 13.4. The maximum Gasteiger partial charge on any atom is 0.267 e. The van der Waals surface area contributed by atoms with Crippen LogP contribution in [-0.2, 0) is 0 Å². The number of primary amides is 1. The normalized spacial score (nSPS) is 10.1. The van der Waals surface area contributed by atoms with E-state index < -0.39 is 5.91 Å². The van der Waals surface area contributed by atoms with E-state index in [9.17, 15) is 4.79 Å². The zero-order valence-electron chi connectivity index (χ0n) is 9.51. The summed E-state index contributed by atoms with van der Waals surface area (Å²) in [6.45, 7) is 1.74. The monoisotopic (exact) mass is 260 g/mol. The predicted octanol–water partition coefficient (Wildman–Crippen LogP) is 1.80. The summed E-state index contributed by atoms with van der Waals surface area (Å²) >= 11 is 6.05. The number of hydrogen-bond acceptors (Lipinski definition) is 3. The Bertz CT molecular complexity index is 669. The molecule has 2 N–H and O–H groups in total. The molecule has 2 rings (SSSR count). The minimum Gasteiger partial charge on any atom is -0.364 e. The number of amides is 1. The van der Waals surface area contributed by atoms with E-state index in [0.717, 1.165) is 0 Å². The molecule has 0 spiro atoms. The number of hydrogen-bond donors (Lipinski definition) is 1. The number of aromatic nitrogens is 2. The number of nitrogens with zero attached hydrogens (tertiary/aromatic N) is 3. The van der Waals surface area contributed by atoms with Gasteiger partial charge in [0.05, 0.1) is 28.0 Å². The van der Waals surface area contributed by atoms with Crippen molar-refractivity contribution >= 4 is 17.5 Å². The summed E-state index contributed by atoms with van der Waals surface area (Å²) < 4.78 is 1.35. The van der Waals surface area contributed by atoms with Gasteiger partial charge in [0.25, 0.3) is 5.91 Å². The number of rotatable bonds is 2. The molecule has 5 nitrogen and oxygen atoms in total. The van der Waals surface area contributed by atoms with Crippen molar-refractivity contribution in [1.82, 2.24) is 9.78 Å². The zero-order chi connectivity index (χ0) is 13.3. The van der Waals surface area contributed by atoms with Crippen molar-refractivity contribution < 1.29 is 4.79 Å². The third-order valence-corrected chi connectivity index (χ3v) is 2.71. The molecule has 0 unspecified atom stereocenters. The van der Waals surface area contributed by atoms with Crippen molar-refractivity contribution in [2.75, 3.05) is 0 Å². The molecule has 0 radical (unpaired) electrons. The van der Waals surface area contributed by atoms with E-state index in [4.69, 9.17) is 22.6 Å². The van der Waals surface area contributed by atoms with Gasteiger partial charge in [0, 0.05) is 0 Å². The van der Waals surface area contributed by atoms with Crippen LogP contribution in [0.3, 0.4) is 0 Å². The molecule has 1 heterocycles. The van der Waals surface area contributed by atoms with Crippen LogP contribution in [0.5, 0.6) is 0 Å². The summed E-state index contributed by atoms with van der Waals surface area (Å²) in [7, 11) is 0. The van der Waals surface area contributed by atoms with E-state index in [2.05, 4.69) is 5.10 Å². The molecule has 1 amide bonds. The van der Waals surface area contributed by atoms with Crippen LogP contribution in [-0.4, -0.2) is 15.7 Å². The lowest BCUT2D eigenvalue weighted by atomic mass is 10.2. The minimum absolute atomic E-state index is 0.226. The van der Waals surface area contributed by atoms with Gasteiger partial charge >= 0.3 is 0 Å². The zero-order valence-corrected chi connectivity index (χ0v) is 10.3. The molecule has 18 heavy (non-hydrogen) atoms. The molecule has 1 aromatic heterocycles. The van der Waals surface area contributed by atoms with Crippen molar-refractivity contribution in [3.8, 4) is 11.8 Å². The van der Waals surface area contributed by atoms with Crippen molar-refractivity contribution in [3.05, 3.63) is 46.2 Å². The van der Waals surface area contributed by atoms with Crippen LogP contribution in [0.1, 0.15) is 21.7 Å². The van der Waals surface area contributed by atoms with Crippen LogP contribution in [0, 0.1) is 18.3 Å². The fourth-order valence-electron chi connectivity index (χ4n) is 1.60. The molecule has 90 valence electrons. The number of carbonyl (C=O) groups excluding carboxylic acids is 1. The van der Waals surface area contributed by atoms with E-state index in [1.165, 1.54) is 4.68 Å². The third kappa shape index (κ3) is 2.06. The highest BCUT2D eigenvalue weighted by Gasteiger charge is 2.15. The second-order valence-corrected chi connectivity index (χ2v) is 4.13. The van der Waals surface area contributed by atoms with E-state index >= 15 is 0 Å². The summed E-state index contributed by atoms with van der Waals surface area (Å²) in [6, 6.07) is 8.30. The van der Waals surface area contributed by atoms with Crippen LogP contribution in [0.4, 0.5) is 0 Å². The second kappa shape index (κ2) is 4.51.